The summed E-state index contributed by atoms with van der Waals surface area (Å²) in [4.78, 5) is 13.7. The Labute approximate surface area is 105 Å². The Balaban J connectivity index is 2.01. The molecule has 0 saturated heterocycles. The van der Waals surface area contributed by atoms with Crippen LogP contribution in [-0.2, 0) is 0 Å². The number of aliphatic hydroxyl groups excluding tert-OH is 1. The second-order valence-corrected chi connectivity index (χ2v) is 4.64. The Morgan fingerprint density at radius 1 is 1.44 bits per heavy atom. The van der Waals surface area contributed by atoms with Gasteiger partial charge in [0, 0.05) is 24.6 Å². The Bertz CT molecular complexity index is 408. The maximum absolute atomic E-state index is 10.5. The smallest absolute Gasteiger partial charge is 0.363 e. The molecular weight excluding hydrogens is 234 g/mol. The third-order valence-corrected chi connectivity index (χ3v) is 3.43. The van der Waals surface area contributed by atoms with Crippen LogP contribution in [0.25, 0.3) is 0 Å². The monoisotopic (exact) mass is 251 g/mol. The van der Waals surface area contributed by atoms with Crippen LogP contribution in [0, 0.1) is 16.0 Å². The SMILES string of the molecule is O=[N+]([O-])c1ccc(NC2CCCCC2CO)cn1. The van der Waals surface area contributed by atoms with E-state index in [4.69, 9.17) is 0 Å². The van der Waals surface area contributed by atoms with Crippen molar-refractivity contribution < 1.29 is 10.0 Å². The second kappa shape index (κ2) is 5.77. The molecule has 0 amide bonds. The Kier molecular flexibility index (Phi) is 4.09. The van der Waals surface area contributed by atoms with Crippen LogP contribution >= 0.6 is 0 Å². The highest BCUT2D eigenvalue weighted by Crippen LogP contribution is 2.27. The van der Waals surface area contributed by atoms with E-state index in [0.29, 0.717) is 0 Å². The van der Waals surface area contributed by atoms with Gasteiger partial charge in [-0.15, -0.1) is 0 Å². The van der Waals surface area contributed by atoms with Crippen molar-refractivity contribution in [2.24, 2.45) is 5.92 Å². The topological polar surface area (TPSA) is 88.3 Å². The molecule has 98 valence electrons. The summed E-state index contributed by atoms with van der Waals surface area (Å²) in [7, 11) is 0. The molecule has 0 aliphatic heterocycles. The highest BCUT2D eigenvalue weighted by atomic mass is 16.6. The van der Waals surface area contributed by atoms with Crippen molar-refractivity contribution in [3.8, 4) is 0 Å². The van der Waals surface area contributed by atoms with Crippen molar-refractivity contribution in [3.63, 3.8) is 0 Å². The molecule has 2 atom stereocenters. The molecule has 0 radical (unpaired) electrons. The van der Waals surface area contributed by atoms with Gasteiger partial charge in [-0.25, -0.2) is 0 Å². The fourth-order valence-electron chi connectivity index (χ4n) is 2.41. The number of aliphatic hydroxyl groups is 1. The average Bonchev–Trinajstić information content (AvgIpc) is 2.40. The van der Waals surface area contributed by atoms with Gasteiger partial charge in [-0.3, -0.25) is 0 Å². The first-order valence-electron chi connectivity index (χ1n) is 6.18. The Morgan fingerprint density at radius 2 is 2.22 bits per heavy atom. The molecule has 1 aliphatic carbocycles. The summed E-state index contributed by atoms with van der Waals surface area (Å²) in [6, 6.07) is 3.28. The van der Waals surface area contributed by atoms with E-state index in [1.165, 1.54) is 12.3 Å². The number of nitrogens with zero attached hydrogens (tertiary/aromatic N) is 2. The minimum absolute atomic E-state index is 0.150. The number of anilines is 1. The van der Waals surface area contributed by atoms with Crippen LogP contribution < -0.4 is 5.32 Å². The third-order valence-electron chi connectivity index (χ3n) is 3.43. The molecule has 1 aromatic rings. The lowest BCUT2D eigenvalue weighted by atomic mass is 9.85. The fraction of sp³-hybridized carbons (Fsp3) is 0.583. The number of nitrogens with one attached hydrogen (secondary N) is 1. The van der Waals surface area contributed by atoms with Gasteiger partial charge < -0.3 is 20.5 Å². The van der Waals surface area contributed by atoms with E-state index < -0.39 is 4.92 Å². The van der Waals surface area contributed by atoms with E-state index in [1.54, 1.807) is 6.07 Å². The Hall–Kier alpha value is -1.69. The van der Waals surface area contributed by atoms with Crippen LogP contribution in [0.2, 0.25) is 0 Å². The van der Waals surface area contributed by atoms with E-state index in [2.05, 4.69) is 10.3 Å². The molecule has 0 bridgehead atoms. The van der Waals surface area contributed by atoms with Crippen LogP contribution in [0.1, 0.15) is 25.7 Å². The van der Waals surface area contributed by atoms with E-state index >= 15 is 0 Å². The van der Waals surface area contributed by atoms with Gasteiger partial charge in [0.15, 0.2) is 6.20 Å². The van der Waals surface area contributed by atoms with Gasteiger partial charge in [0.1, 0.15) is 0 Å². The van der Waals surface area contributed by atoms with Crippen molar-refractivity contribution >= 4 is 11.5 Å². The first-order valence-corrected chi connectivity index (χ1v) is 6.18. The van der Waals surface area contributed by atoms with Gasteiger partial charge in [-0.1, -0.05) is 12.8 Å². The summed E-state index contributed by atoms with van der Waals surface area (Å²) in [5.74, 6) is 0.108. The minimum atomic E-state index is -0.513. The van der Waals surface area contributed by atoms with Crippen LogP contribution in [0.5, 0.6) is 0 Å². The second-order valence-electron chi connectivity index (χ2n) is 4.64. The summed E-state index contributed by atoms with van der Waals surface area (Å²) >= 11 is 0. The van der Waals surface area contributed by atoms with Gasteiger partial charge >= 0.3 is 5.82 Å². The summed E-state index contributed by atoms with van der Waals surface area (Å²) in [5.41, 5.74) is 0.769. The highest BCUT2D eigenvalue weighted by molar-refractivity contribution is 5.44. The van der Waals surface area contributed by atoms with Crippen LogP contribution in [0.4, 0.5) is 11.5 Å². The van der Waals surface area contributed by atoms with Gasteiger partial charge in [-0.2, -0.15) is 0 Å². The standard InChI is InChI=1S/C12H17N3O3/c16-8-9-3-1-2-4-11(9)14-10-5-6-12(13-7-10)15(17)18/h5-7,9,11,14,16H,1-4,8H2. The van der Waals surface area contributed by atoms with Gasteiger partial charge in [0.25, 0.3) is 0 Å². The first-order chi connectivity index (χ1) is 8.70. The lowest BCUT2D eigenvalue weighted by Crippen LogP contribution is -2.34. The van der Waals surface area contributed by atoms with Crippen LogP contribution in [0.3, 0.4) is 0 Å². The summed E-state index contributed by atoms with van der Waals surface area (Å²) in [5, 5.41) is 23.1. The minimum Gasteiger partial charge on any atom is -0.396 e. The van der Waals surface area contributed by atoms with Crippen LogP contribution in [0.15, 0.2) is 18.3 Å². The predicted molar refractivity (Wildman–Crippen MR) is 67.3 cm³/mol. The van der Waals surface area contributed by atoms with Crippen molar-refractivity contribution in [2.45, 2.75) is 31.7 Å². The highest BCUT2D eigenvalue weighted by Gasteiger charge is 2.24. The number of rotatable bonds is 4. The predicted octanol–water partition coefficient (Wildman–Crippen LogP) is 1.95. The Morgan fingerprint density at radius 3 is 2.83 bits per heavy atom. The molecule has 1 aliphatic rings. The summed E-state index contributed by atoms with van der Waals surface area (Å²) in [6.07, 6.45) is 5.81. The zero-order valence-corrected chi connectivity index (χ0v) is 10.1. The number of pyridine rings is 1. The molecule has 1 fully saturated rings. The average molecular weight is 251 g/mol. The quantitative estimate of drug-likeness (QED) is 0.630. The molecule has 0 spiro atoms. The molecule has 2 rings (SSSR count). The molecule has 1 heterocycles. The van der Waals surface area contributed by atoms with Gasteiger partial charge in [-0.05, 0) is 28.8 Å². The lowest BCUT2D eigenvalue weighted by molar-refractivity contribution is -0.389. The van der Waals surface area contributed by atoms with Crippen molar-refractivity contribution in [3.05, 3.63) is 28.4 Å². The first kappa shape index (κ1) is 12.8. The molecule has 1 saturated carbocycles. The molecule has 2 unspecified atom stereocenters. The van der Waals surface area contributed by atoms with Crippen molar-refractivity contribution in [1.82, 2.24) is 4.98 Å². The number of nitro groups is 1. The molecule has 1 aromatic heterocycles. The van der Waals surface area contributed by atoms with E-state index in [9.17, 15) is 15.2 Å². The van der Waals surface area contributed by atoms with E-state index in [0.717, 1.165) is 31.4 Å². The zero-order chi connectivity index (χ0) is 13.0. The normalized spacial score (nSPS) is 23.6. The molecule has 6 nitrogen and oxygen atoms in total. The maximum Gasteiger partial charge on any atom is 0.363 e. The summed E-state index contributed by atoms with van der Waals surface area (Å²) < 4.78 is 0. The number of hydrogen-bond acceptors (Lipinski definition) is 5. The van der Waals surface area contributed by atoms with Crippen molar-refractivity contribution in [2.75, 3.05) is 11.9 Å². The van der Waals surface area contributed by atoms with Crippen molar-refractivity contribution in [1.29, 1.82) is 0 Å². The maximum atomic E-state index is 10.5. The van der Waals surface area contributed by atoms with Crippen LogP contribution in [-0.4, -0.2) is 27.7 Å². The fourth-order valence-corrected chi connectivity index (χ4v) is 2.41. The lowest BCUT2D eigenvalue weighted by Gasteiger charge is -2.31. The zero-order valence-electron chi connectivity index (χ0n) is 10.1. The molecule has 2 N–H and O–H groups in total. The molecule has 18 heavy (non-hydrogen) atoms. The number of hydrogen-bond donors (Lipinski definition) is 2. The van der Waals surface area contributed by atoms with Gasteiger partial charge in [0.2, 0.25) is 0 Å². The molecule has 0 aromatic carbocycles. The summed E-state index contributed by atoms with van der Waals surface area (Å²) in [6.45, 7) is 0.179. The third kappa shape index (κ3) is 2.95. The molecule has 6 heteroatoms. The number of aromatic nitrogens is 1. The molecular formula is C12H17N3O3. The largest absolute Gasteiger partial charge is 0.396 e. The van der Waals surface area contributed by atoms with E-state index in [1.807, 2.05) is 0 Å². The van der Waals surface area contributed by atoms with Gasteiger partial charge in [0.05, 0.1) is 5.69 Å². The van der Waals surface area contributed by atoms with E-state index in [-0.39, 0.29) is 24.4 Å².